The molecule has 0 amide bonds. The van der Waals surface area contributed by atoms with Crippen molar-refractivity contribution in [2.75, 3.05) is 6.61 Å². The maximum Gasteiger partial charge on any atom is 0.311 e. The predicted molar refractivity (Wildman–Crippen MR) is 58.9 cm³/mol. The molecule has 78 valence electrons. The Hall–Kier alpha value is -0.360. The van der Waals surface area contributed by atoms with Gasteiger partial charge in [0.15, 0.2) is 4.73 Å². The molecule has 1 aromatic heterocycles. The second-order valence-corrected chi connectivity index (χ2v) is 4.12. The summed E-state index contributed by atoms with van der Waals surface area (Å²) in [5.41, 5.74) is 0.679. The van der Waals surface area contributed by atoms with Gasteiger partial charge in [-0.25, -0.2) is 4.98 Å². The molecule has 0 fully saturated rings. The van der Waals surface area contributed by atoms with Gasteiger partial charge in [0.1, 0.15) is 4.60 Å². The van der Waals surface area contributed by atoms with Crippen LogP contribution in [0.1, 0.15) is 12.6 Å². The van der Waals surface area contributed by atoms with E-state index in [-0.39, 0.29) is 12.4 Å². The number of carbonyl (C=O) groups excluding carboxylic acids is 1. The normalized spacial score (nSPS) is 10.3. The Morgan fingerprint density at radius 1 is 1.57 bits per heavy atom. The Kier molecular flexibility index (Phi) is 4.12. The lowest BCUT2D eigenvalue weighted by Gasteiger charge is -1.99. The zero-order valence-corrected chi connectivity index (χ0v) is 11.1. The molecule has 6 heteroatoms. The summed E-state index contributed by atoms with van der Waals surface area (Å²) in [5.74, 6) is -0.265. The van der Waals surface area contributed by atoms with Crippen LogP contribution in [0.3, 0.4) is 0 Å². The van der Waals surface area contributed by atoms with Crippen molar-refractivity contribution in [1.82, 2.24) is 9.55 Å². The molecule has 0 unspecified atom stereocenters. The third kappa shape index (κ3) is 2.57. The van der Waals surface area contributed by atoms with Crippen LogP contribution in [0.4, 0.5) is 0 Å². The highest BCUT2D eigenvalue weighted by Crippen LogP contribution is 2.21. The van der Waals surface area contributed by atoms with Gasteiger partial charge in [0, 0.05) is 7.05 Å². The van der Waals surface area contributed by atoms with E-state index in [1.54, 1.807) is 11.5 Å². The molecule has 0 saturated heterocycles. The van der Waals surface area contributed by atoms with E-state index in [1.807, 2.05) is 7.05 Å². The first-order valence-electron chi connectivity index (χ1n) is 4.08. The molecule has 0 bridgehead atoms. The van der Waals surface area contributed by atoms with Crippen molar-refractivity contribution in [3.63, 3.8) is 0 Å². The largest absolute Gasteiger partial charge is 0.466 e. The molecule has 0 radical (unpaired) electrons. The molecular formula is C8H10Br2N2O2. The summed E-state index contributed by atoms with van der Waals surface area (Å²) < 4.78 is 8.10. The fourth-order valence-corrected chi connectivity index (χ4v) is 1.99. The van der Waals surface area contributed by atoms with E-state index >= 15 is 0 Å². The second kappa shape index (κ2) is 4.93. The first-order valence-corrected chi connectivity index (χ1v) is 5.67. The summed E-state index contributed by atoms with van der Waals surface area (Å²) >= 11 is 6.61. The van der Waals surface area contributed by atoms with E-state index in [0.717, 1.165) is 4.60 Å². The van der Waals surface area contributed by atoms with Crippen molar-refractivity contribution in [2.24, 2.45) is 7.05 Å². The monoisotopic (exact) mass is 324 g/mol. The average molecular weight is 326 g/mol. The molecule has 0 aliphatic rings. The standard InChI is InChI=1S/C8H10Br2N2O2/c1-3-14-6(13)4-5-7(9)12(2)8(10)11-5/h3-4H2,1-2H3. The topological polar surface area (TPSA) is 44.1 Å². The van der Waals surface area contributed by atoms with Gasteiger partial charge >= 0.3 is 5.97 Å². The minimum absolute atomic E-state index is 0.188. The molecule has 0 N–H and O–H groups in total. The van der Waals surface area contributed by atoms with Crippen molar-refractivity contribution in [3.05, 3.63) is 15.0 Å². The molecule has 0 saturated carbocycles. The highest BCUT2D eigenvalue weighted by atomic mass is 79.9. The Morgan fingerprint density at radius 3 is 2.64 bits per heavy atom. The molecular weight excluding hydrogens is 316 g/mol. The van der Waals surface area contributed by atoms with Gasteiger partial charge in [-0.2, -0.15) is 0 Å². The van der Waals surface area contributed by atoms with Crippen molar-refractivity contribution in [2.45, 2.75) is 13.3 Å². The molecule has 0 spiro atoms. The molecule has 1 rings (SSSR count). The summed E-state index contributed by atoms with van der Waals surface area (Å²) in [7, 11) is 1.84. The predicted octanol–water partition coefficient (Wildman–Crippen LogP) is 2.05. The van der Waals surface area contributed by atoms with Crippen LogP contribution in [0.2, 0.25) is 0 Å². The van der Waals surface area contributed by atoms with E-state index in [1.165, 1.54) is 0 Å². The summed E-state index contributed by atoms with van der Waals surface area (Å²) in [6.07, 6.45) is 0.188. The molecule has 0 aliphatic carbocycles. The lowest BCUT2D eigenvalue weighted by Crippen LogP contribution is -2.08. The number of esters is 1. The molecule has 14 heavy (non-hydrogen) atoms. The number of carbonyl (C=O) groups is 1. The van der Waals surface area contributed by atoms with Crippen LogP contribution in [0.5, 0.6) is 0 Å². The number of imidazole rings is 1. The number of ether oxygens (including phenoxy) is 1. The van der Waals surface area contributed by atoms with Gasteiger partial charge in [-0.3, -0.25) is 4.79 Å². The van der Waals surface area contributed by atoms with Crippen LogP contribution >= 0.6 is 31.9 Å². The summed E-state index contributed by atoms with van der Waals surface area (Å²) in [6, 6.07) is 0. The number of halogens is 2. The van der Waals surface area contributed by atoms with Crippen LogP contribution < -0.4 is 0 Å². The van der Waals surface area contributed by atoms with Crippen molar-refractivity contribution in [1.29, 1.82) is 0 Å². The van der Waals surface area contributed by atoms with Gasteiger partial charge in [-0.1, -0.05) is 0 Å². The van der Waals surface area contributed by atoms with E-state index in [4.69, 9.17) is 4.74 Å². The quantitative estimate of drug-likeness (QED) is 0.799. The third-order valence-electron chi connectivity index (χ3n) is 1.65. The smallest absolute Gasteiger partial charge is 0.311 e. The summed E-state index contributed by atoms with van der Waals surface area (Å²) in [6.45, 7) is 2.17. The lowest BCUT2D eigenvalue weighted by atomic mass is 10.3. The van der Waals surface area contributed by atoms with Crippen LogP contribution in [-0.4, -0.2) is 22.1 Å². The second-order valence-electron chi connectivity index (χ2n) is 2.66. The van der Waals surface area contributed by atoms with E-state index in [9.17, 15) is 4.79 Å². The maximum atomic E-state index is 11.2. The fraction of sp³-hybridized carbons (Fsp3) is 0.500. The molecule has 1 aromatic rings. The number of hydrogen-bond donors (Lipinski definition) is 0. The van der Waals surface area contributed by atoms with Crippen molar-refractivity contribution in [3.8, 4) is 0 Å². The zero-order valence-electron chi connectivity index (χ0n) is 7.88. The first kappa shape index (κ1) is 11.7. The van der Waals surface area contributed by atoms with Crippen LogP contribution in [0.15, 0.2) is 9.34 Å². The number of rotatable bonds is 3. The van der Waals surface area contributed by atoms with E-state index < -0.39 is 0 Å². The lowest BCUT2D eigenvalue weighted by molar-refractivity contribution is -0.142. The number of nitrogens with zero attached hydrogens (tertiary/aromatic N) is 2. The first-order chi connectivity index (χ1) is 6.56. The van der Waals surface area contributed by atoms with Crippen LogP contribution in [0.25, 0.3) is 0 Å². The Labute approximate surface area is 98.9 Å². The fourth-order valence-electron chi connectivity index (χ4n) is 0.968. The van der Waals surface area contributed by atoms with Gasteiger partial charge in [-0.15, -0.1) is 0 Å². The third-order valence-corrected chi connectivity index (χ3v) is 3.35. The number of aromatic nitrogens is 2. The molecule has 0 atom stereocenters. The summed E-state index contributed by atoms with van der Waals surface area (Å²) in [5, 5.41) is 0. The molecule has 1 heterocycles. The number of hydrogen-bond acceptors (Lipinski definition) is 3. The minimum atomic E-state index is -0.265. The Balaban J connectivity index is 2.77. The van der Waals surface area contributed by atoms with Gasteiger partial charge in [0.05, 0.1) is 18.7 Å². The van der Waals surface area contributed by atoms with Gasteiger partial charge in [0.2, 0.25) is 0 Å². The highest BCUT2D eigenvalue weighted by Gasteiger charge is 2.14. The Bertz CT molecular complexity index is 349. The maximum absolute atomic E-state index is 11.2. The highest BCUT2D eigenvalue weighted by molar-refractivity contribution is 9.11. The average Bonchev–Trinajstić information content (AvgIpc) is 2.34. The molecule has 4 nitrogen and oxygen atoms in total. The molecule has 0 aliphatic heterocycles. The SMILES string of the molecule is CCOC(=O)Cc1nc(Br)n(C)c1Br. The van der Waals surface area contributed by atoms with Crippen LogP contribution in [-0.2, 0) is 23.0 Å². The Morgan fingerprint density at radius 2 is 2.21 bits per heavy atom. The van der Waals surface area contributed by atoms with Crippen molar-refractivity contribution < 1.29 is 9.53 Å². The minimum Gasteiger partial charge on any atom is -0.466 e. The van der Waals surface area contributed by atoms with E-state index in [0.29, 0.717) is 17.0 Å². The van der Waals surface area contributed by atoms with Gasteiger partial charge in [-0.05, 0) is 38.8 Å². The zero-order chi connectivity index (χ0) is 10.7. The van der Waals surface area contributed by atoms with Gasteiger partial charge in [0.25, 0.3) is 0 Å². The van der Waals surface area contributed by atoms with Crippen LogP contribution in [0, 0.1) is 0 Å². The van der Waals surface area contributed by atoms with E-state index in [2.05, 4.69) is 36.8 Å². The summed E-state index contributed by atoms with van der Waals surface area (Å²) in [4.78, 5) is 15.3. The van der Waals surface area contributed by atoms with Gasteiger partial charge < -0.3 is 9.30 Å². The van der Waals surface area contributed by atoms with Crippen molar-refractivity contribution >= 4 is 37.8 Å². The molecule has 0 aromatic carbocycles.